The normalized spacial score (nSPS) is 25.6. The minimum Gasteiger partial charge on any atom is -0.389 e. The maximum atomic E-state index is 12.8. The molecule has 0 aliphatic carbocycles. The van der Waals surface area contributed by atoms with Gasteiger partial charge < -0.3 is 20.6 Å². The van der Waals surface area contributed by atoms with Crippen molar-refractivity contribution >= 4 is 17.8 Å². The fourth-order valence-corrected chi connectivity index (χ4v) is 4.58. The first-order valence-corrected chi connectivity index (χ1v) is 10.5. The number of hydrogen-bond acceptors (Lipinski definition) is 4. The van der Waals surface area contributed by atoms with Crippen LogP contribution in [0.2, 0.25) is 0 Å². The quantitative estimate of drug-likeness (QED) is 0.661. The van der Waals surface area contributed by atoms with E-state index in [9.17, 15) is 14.3 Å². The number of fused-ring (bicyclic) bond motifs is 1. The monoisotopic (exact) mass is 381 g/mol. The largest absolute Gasteiger partial charge is 0.389 e. The topological polar surface area (TPSA) is 64.6 Å². The fraction of sp³-hybridized carbons (Fsp3) is 0.632. The van der Waals surface area contributed by atoms with Gasteiger partial charge in [-0.2, -0.15) is 11.8 Å². The van der Waals surface area contributed by atoms with Gasteiger partial charge >= 0.3 is 6.03 Å². The van der Waals surface area contributed by atoms with Crippen molar-refractivity contribution in [3.05, 3.63) is 35.6 Å². The lowest BCUT2D eigenvalue weighted by molar-refractivity contribution is -0.0800. The summed E-state index contributed by atoms with van der Waals surface area (Å²) >= 11 is 1.79. The average molecular weight is 382 g/mol. The van der Waals surface area contributed by atoms with Gasteiger partial charge in [0.05, 0.1) is 5.60 Å². The number of nitrogens with zero attached hydrogens (tertiary/aromatic N) is 1. The van der Waals surface area contributed by atoms with Gasteiger partial charge in [-0.05, 0) is 49.3 Å². The summed E-state index contributed by atoms with van der Waals surface area (Å²) < 4.78 is 12.8. The van der Waals surface area contributed by atoms with E-state index in [1.165, 1.54) is 12.1 Å². The highest BCUT2D eigenvalue weighted by atomic mass is 32.2. The van der Waals surface area contributed by atoms with E-state index in [4.69, 9.17) is 0 Å². The van der Waals surface area contributed by atoms with Gasteiger partial charge in [-0.15, -0.1) is 0 Å². The summed E-state index contributed by atoms with van der Waals surface area (Å²) in [6.07, 6.45) is 2.35. The summed E-state index contributed by atoms with van der Waals surface area (Å²) in [5, 5.41) is 16.9. The van der Waals surface area contributed by atoms with E-state index in [1.807, 2.05) is 17.0 Å². The number of piperidine rings is 2. The molecule has 0 bridgehead atoms. The molecule has 0 spiro atoms. The molecule has 1 aromatic carbocycles. The Kier molecular flexibility index (Phi) is 6.78. The van der Waals surface area contributed by atoms with Crippen molar-refractivity contribution in [2.45, 2.75) is 30.6 Å². The van der Waals surface area contributed by atoms with Gasteiger partial charge in [-0.3, -0.25) is 0 Å². The van der Waals surface area contributed by atoms with Crippen LogP contribution in [0.3, 0.4) is 0 Å². The predicted molar refractivity (Wildman–Crippen MR) is 103 cm³/mol. The number of halogens is 1. The van der Waals surface area contributed by atoms with E-state index < -0.39 is 5.60 Å². The van der Waals surface area contributed by atoms with E-state index in [-0.39, 0.29) is 17.8 Å². The zero-order chi connectivity index (χ0) is 18.4. The van der Waals surface area contributed by atoms with Gasteiger partial charge in [0.15, 0.2) is 0 Å². The lowest BCUT2D eigenvalue weighted by Gasteiger charge is -2.47. The van der Waals surface area contributed by atoms with Crippen LogP contribution < -0.4 is 10.6 Å². The molecule has 2 heterocycles. The second-order valence-electron chi connectivity index (χ2n) is 7.22. The highest BCUT2D eigenvalue weighted by molar-refractivity contribution is 7.98. The molecule has 26 heavy (non-hydrogen) atoms. The highest BCUT2D eigenvalue weighted by Gasteiger charge is 2.43. The Balaban J connectivity index is 1.30. The van der Waals surface area contributed by atoms with Crippen LogP contribution in [-0.2, 0) is 5.75 Å². The minimum atomic E-state index is -0.598. The van der Waals surface area contributed by atoms with Crippen LogP contribution in [0.4, 0.5) is 9.18 Å². The van der Waals surface area contributed by atoms with Gasteiger partial charge in [0.1, 0.15) is 5.82 Å². The SMILES string of the molecule is O=C(NCCCSCc1ccc(F)cc1)N1CC[C@@]2(O)CCNC[C@H]2C1. The van der Waals surface area contributed by atoms with Crippen molar-refractivity contribution in [3.63, 3.8) is 0 Å². The number of benzene rings is 1. The Morgan fingerprint density at radius 1 is 1.38 bits per heavy atom. The number of hydrogen-bond donors (Lipinski definition) is 3. The van der Waals surface area contributed by atoms with Crippen molar-refractivity contribution < 1.29 is 14.3 Å². The van der Waals surface area contributed by atoms with E-state index in [2.05, 4.69) is 10.6 Å². The standard InChI is InChI=1S/C19H28FN3O2S/c20-17-4-2-15(3-5-17)14-26-11-1-8-22-18(24)23-10-7-19(25)6-9-21-12-16(19)13-23/h2-5,16,21,25H,1,6-14H2,(H,22,24)/t16-,19-/m0/s1. The molecule has 0 saturated carbocycles. The fourth-order valence-electron chi connectivity index (χ4n) is 3.66. The first-order valence-electron chi connectivity index (χ1n) is 9.35. The number of aliphatic hydroxyl groups is 1. The summed E-state index contributed by atoms with van der Waals surface area (Å²) in [5.41, 5.74) is 0.515. The molecule has 2 aliphatic heterocycles. The Morgan fingerprint density at radius 2 is 2.19 bits per heavy atom. The molecule has 3 rings (SSSR count). The number of nitrogens with one attached hydrogen (secondary N) is 2. The second-order valence-corrected chi connectivity index (χ2v) is 8.32. The maximum absolute atomic E-state index is 12.8. The number of thioether (sulfide) groups is 1. The molecular weight excluding hydrogens is 353 g/mol. The second kappa shape index (κ2) is 9.06. The molecule has 0 radical (unpaired) electrons. The summed E-state index contributed by atoms with van der Waals surface area (Å²) in [6, 6.07) is 6.56. The Labute approximate surface area is 158 Å². The van der Waals surface area contributed by atoms with Crippen molar-refractivity contribution in [1.29, 1.82) is 0 Å². The summed E-state index contributed by atoms with van der Waals surface area (Å²) in [5.74, 6) is 1.72. The molecule has 7 heteroatoms. The molecule has 1 aromatic rings. The van der Waals surface area contributed by atoms with Crippen LogP contribution in [-0.4, -0.2) is 60.1 Å². The van der Waals surface area contributed by atoms with Gasteiger partial charge in [-0.1, -0.05) is 12.1 Å². The van der Waals surface area contributed by atoms with Crippen molar-refractivity contribution in [1.82, 2.24) is 15.5 Å². The van der Waals surface area contributed by atoms with E-state index in [1.54, 1.807) is 11.8 Å². The summed E-state index contributed by atoms with van der Waals surface area (Å²) in [4.78, 5) is 14.2. The zero-order valence-corrected chi connectivity index (χ0v) is 15.9. The van der Waals surface area contributed by atoms with Crippen LogP contribution in [0.5, 0.6) is 0 Å². The number of carbonyl (C=O) groups is 1. The third kappa shape index (κ3) is 5.11. The van der Waals surface area contributed by atoms with Crippen LogP contribution in [0.1, 0.15) is 24.8 Å². The molecule has 2 amide bonds. The number of carbonyl (C=O) groups excluding carboxylic acids is 1. The van der Waals surface area contributed by atoms with Gasteiger partial charge in [-0.25, -0.2) is 9.18 Å². The molecule has 2 saturated heterocycles. The molecule has 144 valence electrons. The lowest BCUT2D eigenvalue weighted by Crippen LogP contribution is -2.61. The Hall–Kier alpha value is -1.31. The summed E-state index contributed by atoms with van der Waals surface area (Å²) in [7, 11) is 0. The van der Waals surface area contributed by atoms with Crippen LogP contribution >= 0.6 is 11.8 Å². The number of amides is 2. The van der Waals surface area contributed by atoms with Gasteiger partial charge in [0.25, 0.3) is 0 Å². The number of rotatable bonds is 6. The van der Waals surface area contributed by atoms with E-state index >= 15 is 0 Å². The minimum absolute atomic E-state index is 0.0267. The predicted octanol–water partition coefficient (Wildman–Crippen LogP) is 2.20. The molecule has 3 N–H and O–H groups in total. The molecule has 0 unspecified atom stereocenters. The molecule has 2 atom stereocenters. The molecular formula is C19H28FN3O2S. The number of likely N-dealkylation sites (tertiary alicyclic amines) is 1. The lowest BCUT2D eigenvalue weighted by atomic mass is 9.76. The Morgan fingerprint density at radius 3 is 3.00 bits per heavy atom. The molecule has 0 aromatic heterocycles. The van der Waals surface area contributed by atoms with Crippen LogP contribution in [0.25, 0.3) is 0 Å². The molecule has 2 fully saturated rings. The average Bonchev–Trinajstić information content (AvgIpc) is 2.65. The van der Waals surface area contributed by atoms with Crippen LogP contribution in [0, 0.1) is 11.7 Å². The first kappa shape index (κ1) is 19.5. The van der Waals surface area contributed by atoms with Crippen molar-refractivity contribution in [2.24, 2.45) is 5.92 Å². The highest BCUT2D eigenvalue weighted by Crippen LogP contribution is 2.32. The van der Waals surface area contributed by atoms with E-state index in [0.29, 0.717) is 26.1 Å². The summed E-state index contributed by atoms with van der Waals surface area (Å²) in [6.45, 7) is 3.53. The maximum Gasteiger partial charge on any atom is 0.317 e. The van der Waals surface area contributed by atoms with Crippen molar-refractivity contribution in [2.75, 3.05) is 38.5 Å². The number of urea groups is 1. The van der Waals surface area contributed by atoms with Gasteiger partial charge in [0.2, 0.25) is 0 Å². The molecule has 2 aliphatic rings. The third-order valence-corrected chi connectivity index (χ3v) is 6.47. The van der Waals surface area contributed by atoms with Crippen LogP contribution in [0.15, 0.2) is 24.3 Å². The van der Waals surface area contributed by atoms with Gasteiger partial charge in [0, 0.05) is 37.8 Å². The first-order chi connectivity index (χ1) is 12.6. The zero-order valence-electron chi connectivity index (χ0n) is 15.0. The third-order valence-electron chi connectivity index (χ3n) is 5.35. The van der Waals surface area contributed by atoms with Crippen molar-refractivity contribution in [3.8, 4) is 0 Å². The van der Waals surface area contributed by atoms with E-state index in [0.717, 1.165) is 43.0 Å². The smallest absolute Gasteiger partial charge is 0.317 e. The Bertz CT molecular complexity index is 601. The molecule has 5 nitrogen and oxygen atoms in total.